The molecular weight excluding hydrogens is 1600 g/mol. The van der Waals surface area contributed by atoms with Gasteiger partial charge in [-0.25, -0.2) is 0 Å². The van der Waals surface area contributed by atoms with Crippen molar-refractivity contribution < 1.29 is 13.3 Å². The van der Waals surface area contributed by atoms with Gasteiger partial charge in [-0.2, -0.15) is 0 Å². The molecule has 0 bridgehead atoms. The molecule has 610 valence electrons. The molecule has 30 rings (SSSR count). The summed E-state index contributed by atoms with van der Waals surface area (Å²) in [6, 6.07) is 162. The van der Waals surface area contributed by atoms with E-state index >= 15 is 0 Å². The molecule has 6 heteroatoms. The van der Waals surface area contributed by atoms with Crippen molar-refractivity contribution in [3.8, 4) is 95.0 Å². The molecule has 0 amide bonds. The van der Waals surface area contributed by atoms with Crippen molar-refractivity contribution in [2.45, 2.75) is 0 Å². The van der Waals surface area contributed by atoms with Crippen LogP contribution in [0.3, 0.4) is 0 Å². The Morgan fingerprint density at radius 1 is 0.114 bits per heavy atom. The fraction of sp³-hybridized carbons (Fsp3) is 0. The molecule has 0 unspecified atom stereocenters. The fourth-order valence-electron chi connectivity index (χ4n) is 22.9. The van der Waals surface area contributed by atoms with Crippen molar-refractivity contribution in [2.24, 2.45) is 0 Å². The molecule has 0 atom stereocenters. The number of hydrogen-bond acceptors (Lipinski definition) is 3. The van der Waals surface area contributed by atoms with Gasteiger partial charge >= 0.3 is 0 Å². The number of furan rings is 3. The lowest BCUT2D eigenvalue weighted by Gasteiger charge is -2.15. The number of aromatic nitrogens is 3. The molecule has 6 nitrogen and oxygen atoms in total. The molecule has 132 heavy (non-hydrogen) atoms. The lowest BCUT2D eigenvalue weighted by molar-refractivity contribution is 0.669. The van der Waals surface area contributed by atoms with Gasteiger partial charge in [0.05, 0.1) is 33.1 Å². The zero-order valence-corrected chi connectivity index (χ0v) is 71.2. The Bertz CT molecular complexity index is 10100. The maximum absolute atomic E-state index is 6.71. The Morgan fingerprint density at radius 3 is 0.667 bits per heavy atom. The highest BCUT2D eigenvalue weighted by Crippen LogP contribution is 2.53. The summed E-state index contributed by atoms with van der Waals surface area (Å²) in [5, 5.41) is 29.2. The first kappa shape index (κ1) is 72.6. The van der Waals surface area contributed by atoms with E-state index in [0.29, 0.717) is 0 Å². The van der Waals surface area contributed by atoms with E-state index in [2.05, 4.69) is 457 Å². The van der Waals surface area contributed by atoms with Gasteiger partial charge < -0.3 is 27.0 Å². The van der Waals surface area contributed by atoms with Gasteiger partial charge in [0.25, 0.3) is 0 Å². The van der Waals surface area contributed by atoms with Crippen LogP contribution >= 0.6 is 0 Å². The molecule has 0 saturated heterocycles. The van der Waals surface area contributed by atoms with Crippen LogP contribution in [0.25, 0.3) is 291 Å². The van der Waals surface area contributed by atoms with Gasteiger partial charge in [0.2, 0.25) is 0 Å². The van der Waals surface area contributed by atoms with Gasteiger partial charge in [-0.15, -0.1) is 0 Å². The van der Waals surface area contributed by atoms with Crippen LogP contribution in [0.15, 0.2) is 456 Å². The molecule has 30 aromatic rings. The molecule has 0 aliphatic rings. The van der Waals surface area contributed by atoms with Crippen molar-refractivity contribution in [3.63, 3.8) is 0 Å². The first-order valence-corrected chi connectivity index (χ1v) is 45.4. The van der Waals surface area contributed by atoms with Gasteiger partial charge in [0.15, 0.2) is 0 Å². The summed E-state index contributed by atoms with van der Waals surface area (Å²) in [6.07, 6.45) is 0. The largest absolute Gasteiger partial charge is 0.456 e. The lowest BCUT2D eigenvalue weighted by Crippen LogP contribution is -1.97. The first-order valence-electron chi connectivity index (χ1n) is 45.4. The van der Waals surface area contributed by atoms with E-state index in [1.165, 1.54) is 201 Å². The minimum Gasteiger partial charge on any atom is -0.456 e. The molecule has 0 saturated carbocycles. The highest BCUT2D eigenvalue weighted by molar-refractivity contribution is 6.42. The van der Waals surface area contributed by atoms with Crippen LogP contribution in [-0.4, -0.2) is 13.7 Å². The van der Waals surface area contributed by atoms with Gasteiger partial charge in [-0.05, 0) is 288 Å². The summed E-state index contributed by atoms with van der Waals surface area (Å²) in [5.41, 5.74) is 32.2. The monoisotopic (exact) mass is 1680 g/mol. The minimum atomic E-state index is 0.906. The third-order valence-electron chi connectivity index (χ3n) is 28.5. The third-order valence-corrected chi connectivity index (χ3v) is 28.5. The van der Waals surface area contributed by atoms with Crippen LogP contribution in [0.1, 0.15) is 0 Å². The van der Waals surface area contributed by atoms with Crippen LogP contribution in [0, 0.1) is 0 Å². The van der Waals surface area contributed by atoms with Gasteiger partial charge in [0.1, 0.15) is 33.5 Å². The second kappa shape index (κ2) is 28.0. The highest BCUT2D eigenvalue weighted by atomic mass is 16.3. The second-order valence-electron chi connectivity index (χ2n) is 35.5. The fourth-order valence-corrected chi connectivity index (χ4v) is 22.9. The Hall–Kier alpha value is -17.6. The number of hydrogen-bond donors (Lipinski definition) is 0. The summed E-state index contributed by atoms with van der Waals surface area (Å²) in [5.74, 6) is 0. The molecule has 6 aromatic heterocycles. The van der Waals surface area contributed by atoms with Crippen molar-refractivity contribution in [1.82, 2.24) is 13.7 Å². The Labute approximate surface area is 755 Å². The van der Waals surface area contributed by atoms with Crippen LogP contribution in [0.2, 0.25) is 0 Å². The summed E-state index contributed by atoms with van der Waals surface area (Å²) in [7, 11) is 0. The second-order valence-corrected chi connectivity index (χ2v) is 35.5. The number of rotatable bonds is 10. The Morgan fingerprint density at radius 2 is 0.318 bits per heavy atom. The van der Waals surface area contributed by atoms with Crippen LogP contribution < -0.4 is 0 Å². The maximum Gasteiger partial charge on any atom is 0.136 e. The third kappa shape index (κ3) is 10.6. The first-order chi connectivity index (χ1) is 65.5. The number of nitrogens with zero attached hydrogens (tertiary/aromatic N) is 3. The minimum absolute atomic E-state index is 0.906. The van der Waals surface area contributed by atoms with Crippen molar-refractivity contribution in [2.75, 3.05) is 0 Å². The molecule has 6 heterocycles. The SMILES string of the molecule is c1ccc(-c2cc(-c3cccc(-n4c5cccc6c7ccccc7c7cccc8oc9ccc4c(c9c87)c65)c3)cc(-n3c4cccc5c6ccccc6c6cccc7oc8ccc3c(c8c76)c54)c2)cc1.c1ccc(-c2cccc(-c3cccc(-c4cc(-c5ccccc5)cc(-c5cccc(-n6c7cccc8c9ccccc9c9cccc%10oc%11ccc6c(c%11c%109)c87)c5)c4)c3)c2)cc1. The number of fused-ring (bicyclic) bond motifs is 9. The van der Waals surface area contributed by atoms with E-state index in [-0.39, 0.29) is 0 Å². The van der Waals surface area contributed by atoms with Gasteiger partial charge in [0, 0.05) is 81.7 Å². The van der Waals surface area contributed by atoms with E-state index in [1.54, 1.807) is 0 Å². The zero-order chi connectivity index (χ0) is 86.1. The van der Waals surface area contributed by atoms with Gasteiger partial charge in [-0.1, -0.05) is 297 Å². The van der Waals surface area contributed by atoms with E-state index in [0.717, 1.165) is 89.4 Å². The zero-order valence-electron chi connectivity index (χ0n) is 71.2. The summed E-state index contributed by atoms with van der Waals surface area (Å²) < 4.78 is 27.4. The van der Waals surface area contributed by atoms with E-state index in [4.69, 9.17) is 13.3 Å². The quantitative estimate of drug-likeness (QED) is 0.137. The Balaban J connectivity index is 0.000000130. The smallest absolute Gasteiger partial charge is 0.136 e. The maximum atomic E-state index is 6.71. The average Bonchev–Trinajstić information content (AvgIpc) is 1.54. The molecular formula is C126H73N3O3. The predicted molar refractivity (Wildman–Crippen MR) is 554 cm³/mol. The van der Waals surface area contributed by atoms with E-state index in [9.17, 15) is 0 Å². The lowest BCUT2D eigenvalue weighted by atomic mass is 9.91. The van der Waals surface area contributed by atoms with Crippen LogP contribution in [0.4, 0.5) is 0 Å². The topological polar surface area (TPSA) is 54.2 Å². The van der Waals surface area contributed by atoms with Crippen molar-refractivity contribution >= 4 is 196 Å². The van der Waals surface area contributed by atoms with Crippen LogP contribution in [-0.2, 0) is 0 Å². The molecule has 0 aliphatic heterocycles. The predicted octanol–water partition coefficient (Wildman–Crippen LogP) is 35.3. The molecule has 0 radical (unpaired) electrons. The molecule has 0 fully saturated rings. The van der Waals surface area contributed by atoms with Crippen molar-refractivity contribution in [3.05, 3.63) is 443 Å². The number of benzene rings is 21. The highest BCUT2D eigenvalue weighted by Gasteiger charge is 2.29. The van der Waals surface area contributed by atoms with E-state index < -0.39 is 0 Å². The molecule has 0 N–H and O–H groups in total. The van der Waals surface area contributed by atoms with Gasteiger partial charge in [-0.3, -0.25) is 0 Å². The standard InChI is InChI=1S/C66H36N2O2.C60H37NO/c1-2-13-37(14-3-1)39-33-40(36-42(35-39)68-52-26-10-22-48-44-18-5-7-20-46(44)50-24-12-28-56-62(50)66-58(70-56)32-30-54(68)64(66)60(48)52)38-15-8-16-41(34-38)67-51-25-9-21-47-43-17-4-6-19-45(43)49-23-11-27-55-61(49)65-57(69-55)31-29-53(67)63(65)59(47)51;1-3-14-38(15-4-1)40-18-9-19-41(32-40)42-20-10-21-43(33-42)46-34-45(39-16-5-2-6-17-39)35-47(36-46)44-22-11-23-48(37-44)61-53-28-12-26-51-49-24-7-8-25-50(49)52-27-13-29-55-58(52)60-56(62-55)31-30-54(61)59(60)57(51)53/h1-36H;1-37H. The Kier molecular flexibility index (Phi) is 15.4. The molecule has 0 aliphatic carbocycles. The molecule has 0 spiro atoms. The summed E-state index contributed by atoms with van der Waals surface area (Å²) in [6.45, 7) is 0. The van der Waals surface area contributed by atoms with Crippen molar-refractivity contribution in [1.29, 1.82) is 0 Å². The molecule has 24 aromatic carbocycles. The summed E-state index contributed by atoms with van der Waals surface area (Å²) in [4.78, 5) is 0. The van der Waals surface area contributed by atoms with Crippen LogP contribution in [0.5, 0.6) is 0 Å². The average molecular weight is 1680 g/mol. The summed E-state index contributed by atoms with van der Waals surface area (Å²) >= 11 is 0. The normalized spacial score (nSPS) is 12.2. The van der Waals surface area contributed by atoms with E-state index in [1.807, 2.05) is 0 Å².